The molecule has 0 saturated carbocycles. The summed E-state index contributed by atoms with van der Waals surface area (Å²) in [5.74, 6) is -0.390. The molecule has 1 aliphatic rings. The van der Waals surface area contributed by atoms with E-state index in [9.17, 15) is 14.4 Å². The van der Waals surface area contributed by atoms with Crippen molar-refractivity contribution in [2.24, 2.45) is 0 Å². The molecule has 1 amide bonds. The molecule has 3 rings (SSSR count). The lowest BCUT2D eigenvalue weighted by atomic mass is 10.1. The summed E-state index contributed by atoms with van der Waals surface area (Å²) in [5, 5.41) is 0.514. The van der Waals surface area contributed by atoms with Gasteiger partial charge in [0.15, 0.2) is 0 Å². The van der Waals surface area contributed by atoms with E-state index in [1.54, 1.807) is 19.2 Å². The van der Waals surface area contributed by atoms with Crippen LogP contribution in [0, 0.1) is 3.57 Å². The molecule has 1 aliphatic heterocycles. The summed E-state index contributed by atoms with van der Waals surface area (Å²) in [7, 11) is 0. The predicted octanol–water partition coefficient (Wildman–Crippen LogP) is 2.80. The summed E-state index contributed by atoms with van der Waals surface area (Å²) < 4.78 is 7.88. The standard InChI is InChI=1S/C19H21IN2O4/c1-2-26-19(25)15-12-22(10-4-9-21-8-3-5-17(21)23)16-7-6-13(20)11-14(16)18(15)24/h6-7,11-12H,2-5,8-10H2,1H3. The highest BCUT2D eigenvalue weighted by atomic mass is 127. The van der Waals surface area contributed by atoms with Crippen molar-refractivity contribution >= 4 is 45.4 Å². The van der Waals surface area contributed by atoms with Crippen LogP contribution in [0.5, 0.6) is 0 Å². The van der Waals surface area contributed by atoms with Crippen molar-refractivity contribution in [2.75, 3.05) is 19.7 Å². The van der Waals surface area contributed by atoms with Crippen LogP contribution < -0.4 is 5.43 Å². The minimum absolute atomic E-state index is 0.0543. The first-order valence-corrected chi connectivity index (χ1v) is 9.86. The van der Waals surface area contributed by atoms with Gasteiger partial charge in [-0.25, -0.2) is 4.79 Å². The molecule has 1 aromatic carbocycles. The Kier molecular flexibility index (Phi) is 5.95. The fraction of sp³-hybridized carbons (Fsp3) is 0.421. The molecule has 2 heterocycles. The largest absolute Gasteiger partial charge is 0.462 e. The number of amides is 1. The van der Waals surface area contributed by atoms with Gasteiger partial charge in [-0.15, -0.1) is 0 Å². The number of fused-ring (bicyclic) bond motifs is 1. The maximum atomic E-state index is 12.7. The first kappa shape index (κ1) is 18.9. The maximum Gasteiger partial charge on any atom is 0.343 e. The van der Waals surface area contributed by atoms with E-state index in [4.69, 9.17) is 4.74 Å². The number of carbonyl (C=O) groups is 2. The Labute approximate surface area is 165 Å². The number of esters is 1. The molecule has 0 unspecified atom stereocenters. The Hall–Kier alpha value is -1.90. The quantitative estimate of drug-likeness (QED) is 0.483. The van der Waals surface area contributed by atoms with Crippen LogP contribution in [0.4, 0.5) is 0 Å². The van der Waals surface area contributed by atoms with Gasteiger partial charge in [-0.1, -0.05) is 0 Å². The molecule has 0 spiro atoms. The van der Waals surface area contributed by atoms with E-state index in [1.165, 1.54) is 0 Å². The van der Waals surface area contributed by atoms with Crippen molar-refractivity contribution in [3.05, 3.63) is 43.8 Å². The molecular weight excluding hydrogens is 447 g/mol. The highest BCUT2D eigenvalue weighted by Crippen LogP contribution is 2.17. The number of rotatable bonds is 6. The highest BCUT2D eigenvalue weighted by Gasteiger charge is 2.20. The lowest BCUT2D eigenvalue weighted by Gasteiger charge is -2.17. The van der Waals surface area contributed by atoms with Crippen molar-refractivity contribution in [3.8, 4) is 0 Å². The van der Waals surface area contributed by atoms with Gasteiger partial charge < -0.3 is 14.2 Å². The van der Waals surface area contributed by atoms with E-state index in [2.05, 4.69) is 22.6 Å². The van der Waals surface area contributed by atoms with Gasteiger partial charge in [0.2, 0.25) is 11.3 Å². The Morgan fingerprint density at radius 3 is 2.77 bits per heavy atom. The summed E-state index contributed by atoms with van der Waals surface area (Å²) in [6.07, 6.45) is 3.90. The molecule has 1 saturated heterocycles. The summed E-state index contributed by atoms with van der Waals surface area (Å²) in [6.45, 7) is 4.06. The van der Waals surface area contributed by atoms with Crippen LogP contribution in [-0.2, 0) is 16.1 Å². The molecule has 1 aromatic heterocycles. The first-order valence-electron chi connectivity index (χ1n) is 8.79. The monoisotopic (exact) mass is 468 g/mol. The number of benzene rings is 1. The van der Waals surface area contributed by atoms with E-state index in [0.717, 1.165) is 28.5 Å². The van der Waals surface area contributed by atoms with Crippen LogP contribution in [0.3, 0.4) is 0 Å². The summed E-state index contributed by atoms with van der Waals surface area (Å²) in [5.41, 5.74) is 0.540. The SMILES string of the molecule is CCOC(=O)c1cn(CCCN2CCCC2=O)c2ccc(I)cc2c1=O. The van der Waals surface area contributed by atoms with Crippen LogP contribution in [0.2, 0.25) is 0 Å². The highest BCUT2D eigenvalue weighted by molar-refractivity contribution is 14.1. The maximum absolute atomic E-state index is 12.7. The van der Waals surface area contributed by atoms with Crippen LogP contribution in [0.25, 0.3) is 10.9 Å². The van der Waals surface area contributed by atoms with Crippen LogP contribution >= 0.6 is 22.6 Å². The van der Waals surface area contributed by atoms with Gasteiger partial charge in [0.1, 0.15) is 5.56 Å². The second kappa shape index (κ2) is 8.20. The van der Waals surface area contributed by atoms with Crippen molar-refractivity contribution < 1.29 is 14.3 Å². The van der Waals surface area contributed by atoms with E-state index in [-0.39, 0.29) is 23.5 Å². The third kappa shape index (κ3) is 3.92. The molecule has 26 heavy (non-hydrogen) atoms. The predicted molar refractivity (Wildman–Crippen MR) is 107 cm³/mol. The molecule has 1 fully saturated rings. The van der Waals surface area contributed by atoms with Crippen LogP contribution in [0.1, 0.15) is 36.5 Å². The van der Waals surface area contributed by atoms with E-state index in [0.29, 0.717) is 24.9 Å². The Balaban J connectivity index is 1.92. The normalized spacial score (nSPS) is 14.2. The Bertz CT molecular complexity index is 906. The van der Waals surface area contributed by atoms with Gasteiger partial charge in [0.05, 0.1) is 12.1 Å². The van der Waals surface area contributed by atoms with Gasteiger partial charge in [-0.2, -0.15) is 0 Å². The molecule has 0 aliphatic carbocycles. The molecule has 0 radical (unpaired) electrons. The Morgan fingerprint density at radius 2 is 2.08 bits per heavy atom. The molecule has 0 atom stereocenters. The third-order valence-electron chi connectivity index (χ3n) is 4.54. The summed E-state index contributed by atoms with van der Waals surface area (Å²) >= 11 is 2.15. The smallest absolute Gasteiger partial charge is 0.343 e. The fourth-order valence-electron chi connectivity index (χ4n) is 3.28. The number of hydrogen-bond donors (Lipinski definition) is 0. The van der Waals surface area contributed by atoms with Crippen molar-refractivity contribution in [1.29, 1.82) is 0 Å². The zero-order chi connectivity index (χ0) is 18.7. The first-order chi connectivity index (χ1) is 12.5. The topological polar surface area (TPSA) is 68.6 Å². The molecular formula is C19H21IN2O4. The number of ether oxygens (including phenoxy) is 1. The lowest BCUT2D eigenvalue weighted by molar-refractivity contribution is -0.127. The minimum Gasteiger partial charge on any atom is -0.462 e. The molecule has 0 N–H and O–H groups in total. The van der Waals surface area contributed by atoms with Crippen LogP contribution in [0.15, 0.2) is 29.2 Å². The lowest BCUT2D eigenvalue weighted by Crippen LogP contribution is -2.27. The zero-order valence-corrected chi connectivity index (χ0v) is 16.8. The van der Waals surface area contributed by atoms with Gasteiger partial charge in [0.25, 0.3) is 0 Å². The molecule has 7 heteroatoms. The van der Waals surface area contributed by atoms with Gasteiger partial charge in [0, 0.05) is 41.2 Å². The number of halogens is 1. The summed E-state index contributed by atoms with van der Waals surface area (Å²) in [6, 6.07) is 5.63. The van der Waals surface area contributed by atoms with Crippen LogP contribution in [-0.4, -0.2) is 41.0 Å². The molecule has 6 nitrogen and oxygen atoms in total. The average Bonchev–Trinajstić information content (AvgIpc) is 3.02. The molecule has 138 valence electrons. The minimum atomic E-state index is -0.596. The third-order valence-corrected chi connectivity index (χ3v) is 5.21. The molecule has 2 aromatic rings. The Morgan fingerprint density at radius 1 is 1.27 bits per heavy atom. The number of hydrogen-bond acceptors (Lipinski definition) is 4. The van der Waals surface area contributed by atoms with Gasteiger partial charge in [-0.3, -0.25) is 9.59 Å². The van der Waals surface area contributed by atoms with E-state index in [1.807, 2.05) is 21.6 Å². The van der Waals surface area contributed by atoms with Gasteiger partial charge in [-0.05, 0) is 60.6 Å². The van der Waals surface area contributed by atoms with Crippen molar-refractivity contribution in [2.45, 2.75) is 32.7 Å². The van der Waals surface area contributed by atoms with E-state index >= 15 is 0 Å². The number of likely N-dealkylation sites (tertiary alicyclic amines) is 1. The average molecular weight is 468 g/mol. The number of carbonyl (C=O) groups excluding carboxylic acids is 2. The fourth-order valence-corrected chi connectivity index (χ4v) is 3.77. The number of nitrogens with zero attached hydrogens (tertiary/aromatic N) is 2. The zero-order valence-electron chi connectivity index (χ0n) is 14.7. The number of aromatic nitrogens is 1. The second-order valence-electron chi connectivity index (χ2n) is 6.29. The summed E-state index contributed by atoms with van der Waals surface area (Å²) in [4.78, 5) is 38.5. The number of pyridine rings is 1. The van der Waals surface area contributed by atoms with Crippen molar-refractivity contribution in [3.63, 3.8) is 0 Å². The number of aryl methyl sites for hydroxylation is 1. The second-order valence-corrected chi connectivity index (χ2v) is 7.53. The van der Waals surface area contributed by atoms with Crippen molar-refractivity contribution in [1.82, 2.24) is 9.47 Å². The molecule has 0 bridgehead atoms. The van der Waals surface area contributed by atoms with Gasteiger partial charge >= 0.3 is 5.97 Å². The van der Waals surface area contributed by atoms with E-state index < -0.39 is 5.97 Å².